The quantitative estimate of drug-likeness (QED) is 0.830. The lowest BCUT2D eigenvalue weighted by molar-refractivity contribution is 0.173. The molecule has 102 valence electrons. The van der Waals surface area contributed by atoms with Crippen molar-refractivity contribution < 1.29 is 0 Å². The van der Waals surface area contributed by atoms with E-state index >= 15 is 0 Å². The standard InChI is InChI=1S/C15H22N4/c1-13-7-10-18(2)15(6-8-16)12-19(13)11-14-5-3-4-9-17-14/h3-5,9,13,15H,6-7,10-12H2,1-2H3. The van der Waals surface area contributed by atoms with Crippen LogP contribution in [0.15, 0.2) is 24.4 Å². The van der Waals surface area contributed by atoms with Crippen molar-refractivity contribution in [3.63, 3.8) is 0 Å². The molecule has 1 aromatic rings. The summed E-state index contributed by atoms with van der Waals surface area (Å²) in [5.41, 5.74) is 1.11. The maximum Gasteiger partial charge on any atom is 0.0638 e. The molecule has 0 amide bonds. The first-order valence-electron chi connectivity index (χ1n) is 6.92. The van der Waals surface area contributed by atoms with Crippen LogP contribution in [0.2, 0.25) is 0 Å². The van der Waals surface area contributed by atoms with E-state index in [-0.39, 0.29) is 0 Å². The van der Waals surface area contributed by atoms with Crippen molar-refractivity contribution in [2.75, 3.05) is 20.1 Å². The molecule has 0 radical (unpaired) electrons. The molecule has 1 fully saturated rings. The predicted octanol–water partition coefficient (Wildman–Crippen LogP) is 1.89. The summed E-state index contributed by atoms with van der Waals surface area (Å²) in [5.74, 6) is 0. The maximum atomic E-state index is 8.96. The van der Waals surface area contributed by atoms with Crippen LogP contribution >= 0.6 is 0 Å². The van der Waals surface area contributed by atoms with E-state index in [2.05, 4.69) is 40.9 Å². The van der Waals surface area contributed by atoms with E-state index in [1.807, 2.05) is 18.3 Å². The fourth-order valence-corrected chi connectivity index (χ4v) is 2.59. The molecule has 0 saturated carbocycles. The molecule has 2 rings (SSSR count). The number of hydrogen-bond donors (Lipinski definition) is 0. The average molecular weight is 258 g/mol. The summed E-state index contributed by atoms with van der Waals surface area (Å²) in [6.07, 6.45) is 3.59. The normalized spacial score (nSPS) is 25.7. The Morgan fingerprint density at radius 3 is 3.00 bits per heavy atom. The van der Waals surface area contributed by atoms with Crippen LogP contribution in [0.25, 0.3) is 0 Å². The van der Waals surface area contributed by atoms with E-state index in [9.17, 15) is 0 Å². The molecule has 1 aliphatic rings. The van der Waals surface area contributed by atoms with Gasteiger partial charge in [0.25, 0.3) is 0 Å². The Hall–Kier alpha value is -1.44. The van der Waals surface area contributed by atoms with Crippen molar-refractivity contribution in [1.82, 2.24) is 14.8 Å². The molecule has 0 bridgehead atoms. The van der Waals surface area contributed by atoms with Gasteiger partial charge < -0.3 is 4.90 Å². The van der Waals surface area contributed by atoms with Crippen LogP contribution in [0.1, 0.15) is 25.5 Å². The van der Waals surface area contributed by atoms with Crippen molar-refractivity contribution in [3.05, 3.63) is 30.1 Å². The van der Waals surface area contributed by atoms with E-state index in [0.717, 1.165) is 31.7 Å². The number of rotatable bonds is 3. The second-order valence-corrected chi connectivity index (χ2v) is 5.38. The van der Waals surface area contributed by atoms with Gasteiger partial charge in [0.05, 0.1) is 18.2 Å². The van der Waals surface area contributed by atoms with Crippen LogP contribution in [0.4, 0.5) is 0 Å². The number of nitriles is 1. The first-order valence-corrected chi connectivity index (χ1v) is 6.92. The lowest BCUT2D eigenvalue weighted by Crippen LogP contribution is -2.40. The van der Waals surface area contributed by atoms with Gasteiger partial charge in [-0.1, -0.05) is 6.07 Å². The molecule has 0 aliphatic carbocycles. The topological polar surface area (TPSA) is 43.2 Å². The maximum absolute atomic E-state index is 8.96. The number of likely N-dealkylation sites (N-methyl/N-ethyl adjacent to an activating group) is 1. The molecule has 0 spiro atoms. The van der Waals surface area contributed by atoms with Gasteiger partial charge in [-0.25, -0.2) is 0 Å². The second kappa shape index (κ2) is 6.65. The van der Waals surface area contributed by atoms with Gasteiger partial charge in [0, 0.05) is 31.4 Å². The molecule has 1 saturated heterocycles. The van der Waals surface area contributed by atoms with Crippen LogP contribution in [0.3, 0.4) is 0 Å². The largest absolute Gasteiger partial charge is 0.301 e. The zero-order valence-corrected chi connectivity index (χ0v) is 11.8. The van der Waals surface area contributed by atoms with Gasteiger partial charge in [-0.2, -0.15) is 5.26 Å². The van der Waals surface area contributed by atoms with Crippen LogP contribution < -0.4 is 0 Å². The molecule has 4 heteroatoms. The molecular weight excluding hydrogens is 236 g/mol. The minimum Gasteiger partial charge on any atom is -0.301 e. The molecule has 19 heavy (non-hydrogen) atoms. The summed E-state index contributed by atoms with van der Waals surface area (Å²) in [7, 11) is 2.12. The first kappa shape index (κ1) is 14.0. The van der Waals surface area contributed by atoms with Crippen LogP contribution in [-0.2, 0) is 6.54 Å². The Morgan fingerprint density at radius 1 is 1.47 bits per heavy atom. The Balaban J connectivity index is 2.07. The van der Waals surface area contributed by atoms with Gasteiger partial charge in [0.1, 0.15) is 0 Å². The van der Waals surface area contributed by atoms with Crippen molar-refractivity contribution >= 4 is 0 Å². The molecule has 1 aliphatic heterocycles. The van der Waals surface area contributed by atoms with Gasteiger partial charge in [-0.15, -0.1) is 0 Å². The lowest BCUT2D eigenvalue weighted by atomic mass is 10.1. The summed E-state index contributed by atoms with van der Waals surface area (Å²) in [5, 5.41) is 8.96. The molecule has 1 aromatic heterocycles. The van der Waals surface area contributed by atoms with E-state index < -0.39 is 0 Å². The van der Waals surface area contributed by atoms with E-state index in [1.54, 1.807) is 0 Å². The smallest absolute Gasteiger partial charge is 0.0638 e. The Bertz CT molecular complexity index is 426. The third-order valence-corrected chi connectivity index (χ3v) is 4.01. The molecule has 0 N–H and O–H groups in total. The summed E-state index contributed by atoms with van der Waals surface area (Å²) >= 11 is 0. The van der Waals surface area contributed by atoms with Gasteiger partial charge in [0.2, 0.25) is 0 Å². The molecule has 0 aromatic carbocycles. The average Bonchev–Trinajstić information content (AvgIpc) is 2.55. The summed E-state index contributed by atoms with van der Waals surface area (Å²) in [6, 6.07) is 9.23. The Morgan fingerprint density at radius 2 is 2.32 bits per heavy atom. The fourth-order valence-electron chi connectivity index (χ4n) is 2.59. The van der Waals surface area contributed by atoms with Crippen molar-refractivity contribution in [1.29, 1.82) is 5.26 Å². The van der Waals surface area contributed by atoms with Crippen LogP contribution in [0.5, 0.6) is 0 Å². The van der Waals surface area contributed by atoms with Gasteiger partial charge in [0.15, 0.2) is 0 Å². The molecular formula is C15H22N4. The fraction of sp³-hybridized carbons (Fsp3) is 0.600. The molecule has 4 nitrogen and oxygen atoms in total. The Kier molecular flexibility index (Phi) is 4.89. The van der Waals surface area contributed by atoms with Crippen molar-refractivity contribution in [3.8, 4) is 6.07 Å². The van der Waals surface area contributed by atoms with Crippen molar-refractivity contribution in [2.24, 2.45) is 0 Å². The van der Waals surface area contributed by atoms with Crippen molar-refractivity contribution in [2.45, 2.75) is 38.4 Å². The van der Waals surface area contributed by atoms with Gasteiger partial charge in [-0.05, 0) is 39.1 Å². The third kappa shape index (κ3) is 3.76. The van der Waals surface area contributed by atoms with Gasteiger partial charge in [-0.3, -0.25) is 9.88 Å². The minimum absolute atomic E-state index is 0.332. The monoisotopic (exact) mass is 258 g/mol. The highest BCUT2D eigenvalue weighted by Crippen LogP contribution is 2.18. The van der Waals surface area contributed by atoms with E-state index in [4.69, 9.17) is 5.26 Å². The van der Waals surface area contributed by atoms with Gasteiger partial charge >= 0.3 is 0 Å². The highest BCUT2D eigenvalue weighted by molar-refractivity contribution is 5.04. The minimum atomic E-state index is 0.332. The zero-order chi connectivity index (χ0) is 13.7. The lowest BCUT2D eigenvalue weighted by Gasteiger charge is -2.29. The SMILES string of the molecule is CC1CCN(C)C(CC#N)CN1Cc1ccccn1. The summed E-state index contributed by atoms with van der Waals surface area (Å²) in [6.45, 7) is 5.15. The van der Waals surface area contributed by atoms with E-state index in [1.165, 1.54) is 0 Å². The number of aromatic nitrogens is 1. The van der Waals surface area contributed by atoms with Crippen LogP contribution in [0, 0.1) is 11.3 Å². The molecule has 2 unspecified atom stereocenters. The van der Waals surface area contributed by atoms with Crippen LogP contribution in [-0.4, -0.2) is 47.0 Å². The third-order valence-electron chi connectivity index (χ3n) is 4.01. The Labute approximate surface area is 115 Å². The number of nitrogens with zero attached hydrogens (tertiary/aromatic N) is 4. The highest BCUT2D eigenvalue weighted by Gasteiger charge is 2.26. The summed E-state index contributed by atoms with van der Waals surface area (Å²) in [4.78, 5) is 9.18. The molecule has 2 atom stereocenters. The number of hydrogen-bond acceptors (Lipinski definition) is 4. The zero-order valence-electron chi connectivity index (χ0n) is 11.8. The van der Waals surface area contributed by atoms with E-state index in [0.29, 0.717) is 18.5 Å². The molecule has 2 heterocycles. The second-order valence-electron chi connectivity index (χ2n) is 5.38. The number of pyridine rings is 1. The predicted molar refractivity (Wildman–Crippen MR) is 75.4 cm³/mol. The first-order chi connectivity index (χ1) is 9.20. The summed E-state index contributed by atoms with van der Waals surface area (Å²) < 4.78 is 0. The highest BCUT2D eigenvalue weighted by atomic mass is 15.2.